The number of nitrogens with zero attached hydrogens (tertiary/aromatic N) is 1. The molecule has 0 aliphatic rings. The number of thiazole rings is 1. The minimum atomic E-state index is -3.13. The second-order valence-corrected chi connectivity index (χ2v) is 6.06. The van der Waals surface area contributed by atoms with Gasteiger partial charge in [0.05, 0.1) is 0 Å². The molecule has 0 saturated heterocycles. The van der Waals surface area contributed by atoms with Crippen LogP contribution >= 0.6 is 11.3 Å². The van der Waals surface area contributed by atoms with Crippen LogP contribution in [0.25, 0.3) is 0 Å². The minimum Gasteiger partial charge on any atom is -0.330 e. The topological polar surface area (TPSA) is 73.0 Å². The predicted octanol–water partition coefficient (Wildman–Crippen LogP) is 0.438. The fourth-order valence-corrected chi connectivity index (χ4v) is 2.71. The lowest BCUT2D eigenvalue weighted by Crippen LogP contribution is -1.99. The summed E-state index contributed by atoms with van der Waals surface area (Å²) in [6.07, 6.45) is 4.45. The predicted molar refractivity (Wildman–Crippen MR) is 52.6 cm³/mol. The molecule has 13 heavy (non-hydrogen) atoms. The van der Waals surface area contributed by atoms with E-state index in [1.807, 2.05) is 0 Å². The monoisotopic (exact) mass is 220 g/mol. The third kappa shape index (κ3) is 3.06. The van der Waals surface area contributed by atoms with Crippen molar-refractivity contribution in [1.82, 2.24) is 4.98 Å². The van der Waals surface area contributed by atoms with Gasteiger partial charge >= 0.3 is 0 Å². The standard InChI is InChI=1S/C7H12N2O2S2/c1-13(10,11)7-9-5-6(12-7)3-2-4-8/h5H,2-4,8H2,1H3. The van der Waals surface area contributed by atoms with Gasteiger partial charge in [-0.25, -0.2) is 13.4 Å². The molecule has 0 aliphatic carbocycles. The molecule has 0 spiro atoms. The number of rotatable bonds is 4. The molecule has 2 N–H and O–H groups in total. The van der Waals surface area contributed by atoms with E-state index in [0.29, 0.717) is 6.54 Å². The van der Waals surface area contributed by atoms with E-state index in [4.69, 9.17) is 5.73 Å². The van der Waals surface area contributed by atoms with E-state index in [-0.39, 0.29) is 4.34 Å². The van der Waals surface area contributed by atoms with Gasteiger partial charge in [-0.05, 0) is 19.4 Å². The van der Waals surface area contributed by atoms with Gasteiger partial charge in [0.1, 0.15) is 0 Å². The first kappa shape index (κ1) is 10.6. The smallest absolute Gasteiger partial charge is 0.209 e. The molecule has 0 aliphatic heterocycles. The van der Waals surface area contributed by atoms with E-state index >= 15 is 0 Å². The second kappa shape index (κ2) is 4.17. The van der Waals surface area contributed by atoms with Gasteiger partial charge < -0.3 is 5.73 Å². The van der Waals surface area contributed by atoms with Gasteiger partial charge in [-0.15, -0.1) is 11.3 Å². The third-order valence-corrected chi connectivity index (χ3v) is 4.23. The molecule has 1 aromatic rings. The van der Waals surface area contributed by atoms with Crippen LogP contribution in [0.3, 0.4) is 0 Å². The van der Waals surface area contributed by atoms with E-state index in [1.165, 1.54) is 17.6 Å². The summed E-state index contributed by atoms with van der Waals surface area (Å²) >= 11 is 1.23. The number of aromatic nitrogens is 1. The van der Waals surface area contributed by atoms with E-state index in [9.17, 15) is 8.42 Å². The summed E-state index contributed by atoms with van der Waals surface area (Å²) in [6.45, 7) is 0.617. The quantitative estimate of drug-likeness (QED) is 0.799. The van der Waals surface area contributed by atoms with Crippen LogP contribution < -0.4 is 5.73 Å². The lowest BCUT2D eigenvalue weighted by molar-refractivity contribution is 0.601. The highest BCUT2D eigenvalue weighted by molar-refractivity contribution is 7.92. The molecule has 0 amide bonds. The van der Waals surface area contributed by atoms with Gasteiger partial charge in [0.2, 0.25) is 14.2 Å². The van der Waals surface area contributed by atoms with Crippen molar-refractivity contribution in [2.75, 3.05) is 12.8 Å². The fourth-order valence-electron chi connectivity index (χ4n) is 0.853. The zero-order chi connectivity index (χ0) is 9.90. The van der Waals surface area contributed by atoms with Crippen LogP contribution in [-0.2, 0) is 16.3 Å². The summed E-state index contributed by atoms with van der Waals surface area (Å²) in [4.78, 5) is 4.81. The second-order valence-electron chi connectivity index (χ2n) is 2.76. The van der Waals surface area contributed by atoms with E-state index in [0.717, 1.165) is 17.7 Å². The molecule has 1 rings (SSSR count). The highest BCUT2D eigenvalue weighted by Gasteiger charge is 2.11. The Morgan fingerprint density at radius 3 is 2.77 bits per heavy atom. The average Bonchev–Trinajstić information content (AvgIpc) is 2.47. The van der Waals surface area contributed by atoms with E-state index in [2.05, 4.69) is 4.98 Å². The highest BCUT2D eigenvalue weighted by atomic mass is 32.2. The number of sulfone groups is 1. The van der Waals surface area contributed by atoms with Gasteiger partial charge in [0.15, 0.2) is 0 Å². The number of hydrogen-bond acceptors (Lipinski definition) is 5. The van der Waals surface area contributed by atoms with Crippen molar-refractivity contribution < 1.29 is 8.42 Å². The van der Waals surface area contributed by atoms with Crippen LogP contribution in [0.5, 0.6) is 0 Å². The molecule has 1 aromatic heterocycles. The molecular weight excluding hydrogens is 208 g/mol. The lowest BCUT2D eigenvalue weighted by atomic mass is 10.3. The molecule has 4 nitrogen and oxygen atoms in total. The molecular formula is C7H12N2O2S2. The first-order valence-corrected chi connectivity index (χ1v) is 6.59. The number of nitrogens with two attached hydrogens (primary N) is 1. The molecule has 0 unspecified atom stereocenters. The van der Waals surface area contributed by atoms with Gasteiger partial charge in [0.25, 0.3) is 0 Å². The Morgan fingerprint density at radius 2 is 2.31 bits per heavy atom. The Kier molecular flexibility index (Phi) is 3.40. The van der Waals surface area contributed by atoms with Crippen LogP contribution in [-0.4, -0.2) is 26.2 Å². The molecule has 0 aromatic carbocycles. The van der Waals surface area contributed by atoms with Crippen molar-refractivity contribution >= 4 is 21.2 Å². The normalized spacial score (nSPS) is 11.8. The summed E-state index contributed by atoms with van der Waals surface area (Å²) in [6, 6.07) is 0. The number of aryl methyl sites for hydroxylation is 1. The van der Waals surface area contributed by atoms with E-state index < -0.39 is 9.84 Å². The van der Waals surface area contributed by atoms with Crippen LogP contribution in [0.4, 0.5) is 0 Å². The Hall–Kier alpha value is -0.460. The summed E-state index contributed by atoms with van der Waals surface area (Å²) in [5.74, 6) is 0. The minimum absolute atomic E-state index is 0.194. The maximum absolute atomic E-state index is 11.0. The maximum Gasteiger partial charge on any atom is 0.209 e. The first-order chi connectivity index (χ1) is 6.04. The summed E-state index contributed by atoms with van der Waals surface area (Å²) in [5.41, 5.74) is 5.33. The average molecular weight is 220 g/mol. The molecule has 0 fully saturated rings. The van der Waals surface area contributed by atoms with Crippen LogP contribution in [0, 0.1) is 0 Å². The molecule has 6 heteroatoms. The van der Waals surface area contributed by atoms with E-state index in [1.54, 1.807) is 6.20 Å². The summed E-state index contributed by atoms with van der Waals surface area (Å²) in [7, 11) is -3.13. The molecule has 0 bridgehead atoms. The zero-order valence-electron chi connectivity index (χ0n) is 7.36. The lowest BCUT2D eigenvalue weighted by Gasteiger charge is -1.91. The summed E-state index contributed by atoms with van der Waals surface area (Å²) < 4.78 is 22.3. The van der Waals surface area contributed by atoms with Gasteiger partial charge in [-0.3, -0.25) is 0 Å². The van der Waals surface area contributed by atoms with Crippen molar-refractivity contribution in [3.05, 3.63) is 11.1 Å². The summed E-state index contributed by atoms with van der Waals surface area (Å²) in [5, 5.41) is 0. The highest BCUT2D eigenvalue weighted by Crippen LogP contribution is 2.18. The Balaban J connectivity index is 2.76. The Labute approximate surface area is 81.7 Å². The van der Waals surface area contributed by atoms with Crippen molar-refractivity contribution in [3.8, 4) is 0 Å². The Morgan fingerprint density at radius 1 is 1.62 bits per heavy atom. The van der Waals surface area contributed by atoms with Crippen molar-refractivity contribution in [3.63, 3.8) is 0 Å². The van der Waals surface area contributed by atoms with Crippen LogP contribution in [0.1, 0.15) is 11.3 Å². The van der Waals surface area contributed by atoms with Gasteiger partial charge in [-0.2, -0.15) is 0 Å². The molecule has 0 radical (unpaired) electrons. The third-order valence-electron chi connectivity index (χ3n) is 1.48. The molecule has 1 heterocycles. The van der Waals surface area contributed by atoms with Crippen molar-refractivity contribution in [2.24, 2.45) is 5.73 Å². The molecule has 0 atom stereocenters. The molecule has 74 valence electrons. The fraction of sp³-hybridized carbons (Fsp3) is 0.571. The van der Waals surface area contributed by atoms with Crippen molar-refractivity contribution in [2.45, 2.75) is 17.2 Å². The van der Waals surface area contributed by atoms with Crippen LogP contribution in [0.15, 0.2) is 10.5 Å². The number of hydrogen-bond donors (Lipinski definition) is 1. The maximum atomic E-state index is 11.0. The first-order valence-electron chi connectivity index (χ1n) is 3.89. The van der Waals surface area contributed by atoms with Gasteiger partial charge in [0, 0.05) is 17.3 Å². The molecule has 0 saturated carbocycles. The van der Waals surface area contributed by atoms with Crippen molar-refractivity contribution in [1.29, 1.82) is 0 Å². The zero-order valence-corrected chi connectivity index (χ0v) is 8.99. The van der Waals surface area contributed by atoms with Gasteiger partial charge in [-0.1, -0.05) is 0 Å². The largest absolute Gasteiger partial charge is 0.330 e. The van der Waals surface area contributed by atoms with Crippen LogP contribution in [0.2, 0.25) is 0 Å². The Bertz CT molecular complexity index is 370. The SMILES string of the molecule is CS(=O)(=O)c1ncc(CCCN)s1.